The first-order valence-electron chi connectivity index (χ1n) is 7.78. The van der Waals surface area contributed by atoms with Gasteiger partial charge in [-0.05, 0) is 25.0 Å². The lowest BCUT2D eigenvalue weighted by atomic mass is 10.3. The predicted octanol–water partition coefficient (Wildman–Crippen LogP) is 1.77. The maximum absolute atomic E-state index is 12.6. The highest BCUT2D eigenvalue weighted by Gasteiger charge is 2.32. The molecule has 1 aliphatic rings. The van der Waals surface area contributed by atoms with Crippen LogP contribution < -0.4 is 0 Å². The van der Waals surface area contributed by atoms with E-state index in [9.17, 15) is 4.79 Å². The number of amides is 1. The number of rotatable bonds is 7. The molecule has 0 atom stereocenters. The zero-order valence-corrected chi connectivity index (χ0v) is 12.9. The molecule has 1 amide bonds. The summed E-state index contributed by atoms with van der Waals surface area (Å²) in [5, 5.41) is 13.5. The fourth-order valence-corrected chi connectivity index (χ4v) is 2.47. The number of hydrogen-bond acceptors (Lipinski definition) is 4. The summed E-state index contributed by atoms with van der Waals surface area (Å²) < 4.78 is 1.76. The van der Waals surface area contributed by atoms with Crippen LogP contribution in [-0.4, -0.2) is 50.4 Å². The molecule has 1 aliphatic carbocycles. The van der Waals surface area contributed by atoms with Gasteiger partial charge in [-0.1, -0.05) is 24.3 Å². The van der Waals surface area contributed by atoms with Gasteiger partial charge in [-0.25, -0.2) is 9.67 Å². The Labute approximate surface area is 135 Å². The van der Waals surface area contributed by atoms with Crippen LogP contribution in [0.3, 0.4) is 0 Å². The second-order valence-corrected chi connectivity index (χ2v) is 5.58. The van der Waals surface area contributed by atoms with E-state index in [2.05, 4.69) is 16.7 Å². The third-order valence-electron chi connectivity index (χ3n) is 3.77. The van der Waals surface area contributed by atoms with Crippen molar-refractivity contribution in [1.29, 1.82) is 0 Å². The molecule has 1 aromatic carbocycles. The Morgan fingerprint density at radius 1 is 1.39 bits per heavy atom. The molecule has 1 N–H and O–H groups in total. The van der Waals surface area contributed by atoms with Crippen LogP contribution in [-0.2, 0) is 0 Å². The van der Waals surface area contributed by atoms with Crippen molar-refractivity contribution in [3.63, 3.8) is 0 Å². The van der Waals surface area contributed by atoms with Crippen molar-refractivity contribution in [2.45, 2.75) is 18.8 Å². The van der Waals surface area contributed by atoms with Crippen LogP contribution in [0.15, 0.2) is 43.0 Å². The van der Waals surface area contributed by atoms with E-state index in [1.807, 2.05) is 30.3 Å². The number of para-hydroxylation sites is 1. The van der Waals surface area contributed by atoms with Crippen LogP contribution in [0.5, 0.6) is 0 Å². The highest BCUT2D eigenvalue weighted by atomic mass is 16.3. The molecule has 0 spiro atoms. The number of carbonyl (C=O) groups excluding carboxylic acids is 1. The topological polar surface area (TPSA) is 71.2 Å². The Balaban J connectivity index is 1.94. The van der Waals surface area contributed by atoms with Gasteiger partial charge in [0.05, 0.1) is 12.3 Å². The highest BCUT2D eigenvalue weighted by molar-refractivity contribution is 5.90. The Kier molecular flexibility index (Phi) is 4.52. The number of aliphatic hydroxyl groups excluding tert-OH is 1. The lowest BCUT2D eigenvalue weighted by molar-refractivity contribution is 0.0730. The minimum absolute atomic E-state index is 0.103. The molecule has 1 heterocycles. The maximum atomic E-state index is 12.6. The summed E-state index contributed by atoms with van der Waals surface area (Å²) in [5.74, 6) is 1.10. The maximum Gasteiger partial charge on any atom is 0.293 e. The number of aromatic nitrogens is 3. The lowest BCUT2D eigenvalue weighted by Crippen LogP contribution is -2.34. The molecule has 3 rings (SSSR count). The first-order chi connectivity index (χ1) is 11.2. The van der Waals surface area contributed by atoms with Gasteiger partial charge in [0.25, 0.3) is 5.91 Å². The molecule has 0 bridgehead atoms. The molecule has 23 heavy (non-hydrogen) atoms. The van der Waals surface area contributed by atoms with E-state index in [4.69, 9.17) is 5.11 Å². The largest absolute Gasteiger partial charge is 0.395 e. The first-order valence-corrected chi connectivity index (χ1v) is 7.78. The van der Waals surface area contributed by atoms with Crippen LogP contribution in [0.25, 0.3) is 5.69 Å². The molecular weight excluding hydrogens is 292 g/mol. The summed E-state index contributed by atoms with van der Waals surface area (Å²) in [6.07, 6.45) is 3.78. The summed E-state index contributed by atoms with van der Waals surface area (Å²) in [6.45, 7) is 4.14. The smallest absolute Gasteiger partial charge is 0.293 e. The summed E-state index contributed by atoms with van der Waals surface area (Å²) in [5.41, 5.74) is 0.901. The second kappa shape index (κ2) is 6.75. The fraction of sp³-hybridized carbons (Fsp3) is 0.353. The van der Waals surface area contributed by atoms with Gasteiger partial charge >= 0.3 is 0 Å². The number of nitrogens with zero attached hydrogens (tertiary/aromatic N) is 4. The molecule has 2 aromatic rings. The van der Waals surface area contributed by atoms with E-state index >= 15 is 0 Å². The standard InChI is InChI=1S/C17H20N4O2/c1-2-10-20(11-12-22)17(23)15-18-16(13-8-9-13)21(19-15)14-6-4-3-5-7-14/h2-7,13,22H,1,8-12H2. The van der Waals surface area contributed by atoms with Crippen molar-refractivity contribution in [3.8, 4) is 5.69 Å². The third kappa shape index (κ3) is 3.32. The van der Waals surface area contributed by atoms with E-state index in [1.54, 1.807) is 10.8 Å². The van der Waals surface area contributed by atoms with Crippen molar-refractivity contribution in [1.82, 2.24) is 19.7 Å². The van der Waals surface area contributed by atoms with E-state index in [0.717, 1.165) is 24.4 Å². The molecule has 1 fully saturated rings. The van der Waals surface area contributed by atoms with E-state index in [-0.39, 0.29) is 24.9 Å². The Bertz CT molecular complexity index is 692. The minimum atomic E-state index is -0.282. The van der Waals surface area contributed by atoms with Gasteiger partial charge < -0.3 is 10.0 Å². The van der Waals surface area contributed by atoms with Gasteiger partial charge in [-0.15, -0.1) is 11.7 Å². The van der Waals surface area contributed by atoms with Crippen LogP contribution in [0, 0.1) is 0 Å². The van der Waals surface area contributed by atoms with Gasteiger partial charge in [0, 0.05) is 19.0 Å². The molecule has 0 unspecified atom stereocenters. The zero-order chi connectivity index (χ0) is 16.2. The molecule has 0 radical (unpaired) electrons. The Morgan fingerprint density at radius 3 is 2.74 bits per heavy atom. The summed E-state index contributed by atoms with van der Waals surface area (Å²) >= 11 is 0. The molecule has 1 aromatic heterocycles. The molecule has 1 saturated carbocycles. The summed E-state index contributed by atoms with van der Waals surface area (Å²) in [6, 6.07) is 9.71. The Hall–Kier alpha value is -2.47. The Morgan fingerprint density at radius 2 is 2.13 bits per heavy atom. The second-order valence-electron chi connectivity index (χ2n) is 5.58. The van der Waals surface area contributed by atoms with E-state index < -0.39 is 0 Å². The van der Waals surface area contributed by atoms with Crippen LogP contribution in [0.4, 0.5) is 0 Å². The van der Waals surface area contributed by atoms with Crippen molar-refractivity contribution < 1.29 is 9.90 Å². The van der Waals surface area contributed by atoms with Crippen molar-refractivity contribution in [2.24, 2.45) is 0 Å². The van der Waals surface area contributed by atoms with Gasteiger partial charge in [-0.3, -0.25) is 4.79 Å². The van der Waals surface area contributed by atoms with Crippen molar-refractivity contribution >= 4 is 5.91 Å². The van der Waals surface area contributed by atoms with Crippen LogP contribution >= 0.6 is 0 Å². The molecule has 6 heteroatoms. The van der Waals surface area contributed by atoms with E-state index in [0.29, 0.717) is 12.5 Å². The van der Waals surface area contributed by atoms with Crippen molar-refractivity contribution in [2.75, 3.05) is 19.7 Å². The summed E-state index contributed by atoms with van der Waals surface area (Å²) in [7, 11) is 0. The number of aliphatic hydroxyl groups is 1. The van der Waals surface area contributed by atoms with Gasteiger partial charge in [0.2, 0.25) is 5.82 Å². The van der Waals surface area contributed by atoms with Crippen LogP contribution in [0.2, 0.25) is 0 Å². The average molecular weight is 312 g/mol. The number of carbonyl (C=O) groups is 1. The fourth-order valence-electron chi connectivity index (χ4n) is 2.47. The van der Waals surface area contributed by atoms with Gasteiger partial charge in [0.1, 0.15) is 5.82 Å². The molecule has 0 aliphatic heterocycles. The first kappa shape index (κ1) is 15.4. The normalized spacial score (nSPS) is 13.8. The number of hydrogen-bond donors (Lipinski definition) is 1. The minimum Gasteiger partial charge on any atom is -0.395 e. The molecule has 120 valence electrons. The molecule has 6 nitrogen and oxygen atoms in total. The highest BCUT2D eigenvalue weighted by Crippen LogP contribution is 2.39. The van der Waals surface area contributed by atoms with Crippen molar-refractivity contribution in [3.05, 3.63) is 54.6 Å². The number of benzene rings is 1. The van der Waals surface area contributed by atoms with Crippen LogP contribution in [0.1, 0.15) is 35.2 Å². The van der Waals surface area contributed by atoms with Gasteiger partial charge in [-0.2, -0.15) is 0 Å². The zero-order valence-electron chi connectivity index (χ0n) is 12.9. The third-order valence-corrected chi connectivity index (χ3v) is 3.77. The average Bonchev–Trinajstić information content (AvgIpc) is 3.33. The van der Waals surface area contributed by atoms with E-state index in [1.165, 1.54) is 4.90 Å². The lowest BCUT2D eigenvalue weighted by Gasteiger charge is -2.17. The predicted molar refractivity (Wildman–Crippen MR) is 86.5 cm³/mol. The molecular formula is C17H20N4O2. The monoisotopic (exact) mass is 312 g/mol. The van der Waals surface area contributed by atoms with Gasteiger partial charge in [0.15, 0.2) is 0 Å². The quantitative estimate of drug-likeness (QED) is 0.791. The summed E-state index contributed by atoms with van der Waals surface area (Å²) in [4.78, 5) is 18.6. The SMILES string of the molecule is C=CCN(CCO)C(=O)c1nc(C2CC2)n(-c2ccccc2)n1. The molecule has 0 saturated heterocycles.